The molecule has 1 saturated heterocycles. The van der Waals surface area contributed by atoms with Crippen molar-refractivity contribution >= 4 is 17.5 Å². The highest BCUT2D eigenvalue weighted by Crippen LogP contribution is 2.28. The van der Waals surface area contributed by atoms with Crippen LogP contribution in [0.25, 0.3) is 0 Å². The quantitative estimate of drug-likeness (QED) is 0.818. The number of carbonyl (C=O) groups is 2. The summed E-state index contributed by atoms with van der Waals surface area (Å²) in [6.45, 7) is 2.08. The Morgan fingerprint density at radius 1 is 1.22 bits per heavy atom. The highest BCUT2D eigenvalue weighted by atomic mass is 19.2. The van der Waals surface area contributed by atoms with Gasteiger partial charge in [-0.3, -0.25) is 9.59 Å². The molecular weight excluding hydrogens is 354 g/mol. The van der Waals surface area contributed by atoms with Gasteiger partial charge in [0.2, 0.25) is 11.8 Å². The van der Waals surface area contributed by atoms with Gasteiger partial charge in [0.15, 0.2) is 11.6 Å². The fourth-order valence-electron chi connectivity index (χ4n) is 3.25. The first-order chi connectivity index (χ1) is 12.9. The Balaban J connectivity index is 1.70. The zero-order valence-electron chi connectivity index (χ0n) is 15.0. The molecule has 1 aliphatic rings. The largest absolute Gasteiger partial charge is 0.496 e. The second-order valence-corrected chi connectivity index (χ2v) is 6.40. The Morgan fingerprint density at radius 3 is 2.67 bits per heavy atom. The van der Waals surface area contributed by atoms with E-state index in [9.17, 15) is 18.4 Å². The van der Waals surface area contributed by atoms with Crippen molar-refractivity contribution < 1.29 is 23.1 Å². The molecule has 0 radical (unpaired) electrons. The molecule has 3 rings (SSSR count). The second kappa shape index (κ2) is 7.73. The molecule has 7 heteroatoms. The first-order valence-electron chi connectivity index (χ1n) is 8.62. The lowest BCUT2D eigenvalue weighted by molar-refractivity contribution is -0.132. The number of rotatable bonds is 5. The summed E-state index contributed by atoms with van der Waals surface area (Å²) in [6, 6.07) is 10.2. The van der Waals surface area contributed by atoms with E-state index in [4.69, 9.17) is 4.74 Å². The van der Waals surface area contributed by atoms with Crippen LogP contribution in [0.4, 0.5) is 14.5 Å². The summed E-state index contributed by atoms with van der Waals surface area (Å²) < 4.78 is 31.8. The molecule has 0 spiro atoms. The topological polar surface area (TPSA) is 58.6 Å². The van der Waals surface area contributed by atoms with Crippen molar-refractivity contribution in [1.82, 2.24) is 5.32 Å². The number of nitrogens with zero attached hydrogens (tertiary/aromatic N) is 1. The van der Waals surface area contributed by atoms with Gasteiger partial charge in [-0.05, 0) is 31.5 Å². The van der Waals surface area contributed by atoms with Gasteiger partial charge in [-0.25, -0.2) is 8.78 Å². The minimum atomic E-state index is -1.03. The van der Waals surface area contributed by atoms with Crippen LogP contribution < -0.4 is 15.0 Å². The highest BCUT2D eigenvalue weighted by Gasteiger charge is 2.38. The van der Waals surface area contributed by atoms with Crippen LogP contribution in [0.1, 0.15) is 24.9 Å². The SMILES string of the molecule is COc1ccccc1[C@@H](C)NC(=O)[C@@H]1CCN(c2ccc(F)c(F)c2)C1=O. The molecule has 1 aliphatic heterocycles. The number of para-hydroxylation sites is 1. The second-order valence-electron chi connectivity index (χ2n) is 6.40. The van der Waals surface area contributed by atoms with Crippen LogP contribution in [-0.2, 0) is 9.59 Å². The van der Waals surface area contributed by atoms with Crippen molar-refractivity contribution in [1.29, 1.82) is 0 Å². The minimum absolute atomic E-state index is 0.243. The maximum absolute atomic E-state index is 13.4. The summed E-state index contributed by atoms with van der Waals surface area (Å²) in [4.78, 5) is 26.5. The third kappa shape index (κ3) is 3.77. The maximum Gasteiger partial charge on any atom is 0.239 e. The monoisotopic (exact) mass is 374 g/mol. The Hall–Kier alpha value is -2.96. The molecule has 1 fully saturated rings. The van der Waals surface area contributed by atoms with Crippen LogP contribution in [0.2, 0.25) is 0 Å². The molecule has 2 atom stereocenters. The van der Waals surface area contributed by atoms with Crippen LogP contribution >= 0.6 is 0 Å². The van der Waals surface area contributed by atoms with E-state index in [1.54, 1.807) is 13.2 Å². The van der Waals surface area contributed by atoms with E-state index >= 15 is 0 Å². The van der Waals surface area contributed by atoms with Crippen LogP contribution in [0.5, 0.6) is 5.75 Å². The summed E-state index contributed by atoms with van der Waals surface area (Å²) in [5, 5.41) is 2.84. The van der Waals surface area contributed by atoms with Gasteiger partial charge in [-0.1, -0.05) is 18.2 Å². The average Bonchev–Trinajstić information content (AvgIpc) is 3.05. The van der Waals surface area contributed by atoms with E-state index < -0.39 is 29.4 Å². The fourth-order valence-corrected chi connectivity index (χ4v) is 3.25. The van der Waals surface area contributed by atoms with Crippen LogP contribution in [0.3, 0.4) is 0 Å². The summed E-state index contributed by atoms with van der Waals surface area (Å²) in [6.07, 6.45) is 0.308. The third-order valence-electron chi connectivity index (χ3n) is 4.70. The van der Waals surface area contributed by atoms with E-state index in [1.165, 1.54) is 11.0 Å². The van der Waals surface area contributed by atoms with Crippen molar-refractivity contribution in [3.8, 4) is 5.75 Å². The molecule has 27 heavy (non-hydrogen) atoms. The molecule has 1 N–H and O–H groups in total. The van der Waals surface area contributed by atoms with Gasteiger partial charge in [-0.15, -0.1) is 0 Å². The first-order valence-corrected chi connectivity index (χ1v) is 8.62. The number of amides is 2. The van der Waals surface area contributed by atoms with Crippen molar-refractivity contribution in [3.05, 3.63) is 59.7 Å². The molecule has 0 aliphatic carbocycles. The molecular formula is C20H20F2N2O3. The van der Waals surface area contributed by atoms with Gasteiger partial charge in [-0.2, -0.15) is 0 Å². The predicted molar refractivity (Wildman–Crippen MR) is 96.4 cm³/mol. The van der Waals surface area contributed by atoms with Gasteiger partial charge >= 0.3 is 0 Å². The van der Waals surface area contributed by atoms with Crippen LogP contribution in [0, 0.1) is 17.6 Å². The number of hydrogen-bond donors (Lipinski definition) is 1. The van der Waals surface area contributed by atoms with Gasteiger partial charge in [0, 0.05) is 23.9 Å². The smallest absolute Gasteiger partial charge is 0.239 e. The third-order valence-corrected chi connectivity index (χ3v) is 4.70. The van der Waals surface area contributed by atoms with Gasteiger partial charge < -0.3 is 15.0 Å². The molecule has 2 amide bonds. The highest BCUT2D eigenvalue weighted by molar-refractivity contribution is 6.09. The molecule has 0 bridgehead atoms. The number of hydrogen-bond acceptors (Lipinski definition) is 3. The Labute approximate surface area is 155 Å². The van der Waals surface area contributed by atoms with Crippen molar-refractivity contribution in [2.75, 3.05) is 18.6 Å². The van der Waals surface area contributed by atoms with Crippen molar-refractivity contribution in [2.24, 2.45) is 5.92 Å². The molecule has 0 saturated carbocycles. The van der Waals surface area contributed by atoms with Crippen molar-refractivity contribution in [2.45, 2.75) is 19.4 Å². The summed E-state index contributed by atoms with van der Waals surface area (Å²) in [5.74, 6) is -3.06. The minimum Gasteiger partial charge on any atom is -0.496 e. The first kappa shape index (κ1) is 18.8. The normalized spacial score (nSPS) is 17.7. The number of halogens is 2. The molecule has 142 valence electrons. The number of methoxy groups -OCH3 is 1. The van der Waals surface area contributed by atoms with Gasteiger partial charge in [0.05, 0.1) is 13.2 Å². The number of anilines is 1. The zero-order valence-corrected chi connectivity index (χ0v) is 15.0. The molecule has 5 nitrogen and oxygen atoms in total. The lowest BCUT2D eigenvalue weighted by atomic mass is 10.0. The fraction of sp³-hybridized carbons (Fsp3) is 0.300. The van der Waals surface area contributed by atoms with Gasteiger partial charge in [0.1, 0.15) is 11.7 Å². The standard InChI is InChI=1S/C20H20F2N2O3/c1-12(14-5-3-4-6-18(14)27-2)23-19(25)15-9-10-24(20(15)26)13-7-8-16(21)17(22)11-13/h3-8,11-12,15H,9-10H2,1-2H3,(H,23,25)/t12-,15+/m1/s1. The van der Waals surface area contributed by atoms with Crippen LogP contribution in [0.15, 0.2) is 42.5 Å². The van der Waals surface area contributed by atoms with E-state index in [1.807, 2.05) is 25.1 Å². The van der Waals surface area contributed by atoms with E-state index in [2.05, 4.69) is 5.32 Å². The number of carbonyl (C=O) groups excluding carboxylic acids is 2. The Morgan fingerprint density at radius 2 is 1.96 bits per heavy atom. The lowest BCUT2D eigenvalue weighted by Crippen LogP contribution is -2.38. The Bertz CT molecular complexity index is 872. The van der Waals surface area contributed by atoms with E-state index in [0.29, 0.717) is 12.2 Å². The lowest BCUT2D eigenvalue weighted by Gasteiger charge is -2.20. The van der Waals surface area contributed by atoms with E-state index in [0.717, 1.165) is 17.7 Å². The predicted octanol–water partition coefficient (Wildman–Crippen LogP) is 3.20. The zero-order chi connectivity index (χ0) is 19.6. The number of benzene rings is 2. The number of nitrogens with one attached hydrogen (secondary N) is 1. The molecule has 0 aromatic heterocycles. The molecule has 2 aromatic rings. The van der Waals surface area contributed by atoms with E-state index in [-0.39, 0.29) is 18.3 Å². The molecule has 1 heterocycles. The average molecular weight is 374 g/mol. The molecule has 0 unspecified atom stereocenters. The maximum atomic E-state index is 13.4. The Kier molecular flexibility index (Phi) is 5.39. The van der Waals surface area contributed by atoms with Crippen molar-refractivity contribution in [3.63, 3.8) is 0 Å². The summed E-state index contributed by atoms with van der Waals surface area (Å²) >= 11 is 0. The number of ether oxygens (including phenoxy) is 1. The summed E-state index contributed by atoms with van der Waals surface area (Å²) in [7, 11) is 1.55. The van der Waals surface area contributed by atoms with Crippen LogP contribution in [-0.4, -0.2) is 25.5 Å². The summed E-state index contributed by atoms with van der Waals surface area (Å²) in [5.41, 5.74) is 1.04. The van der Waals surface area contributed by atoms with Gasteiger partial charge in [0.25, 0.3) is 0 Å². The molecule has 2 aromatic carbocycles.